The molecule has 0 radical (unpaired) electrons. The van der Waals surface area contributed by atoms with E-state index < -0.39 is 0 Å². The molecule has 24 heavy (non-hydrogen) atoms. The Morgan fingerprint density at radius 1 is 1.25 bits per heavy atom. The molecule has 1 saturated heterocycles. The first-order chi connectivity index (χ1) is 11.1. The topological polar surface area (TPSA) is 42.9 Å². The predicted molar refractivity (Wildman–Crippen MR) is 115 cm³/mol. The summed E-state index contributed by atoms with van der Waals surface area (Å²) < 4.78 is 0. The molecule has 2 N–H and O–H groups in total. The summed E-state index contributed by atoms with van der Waals surface area (Å²) in [5, 5.41) is 6.92. The molecule has 0 aromatic rings. The lowest BCUT2D eigenvalue weighted by atomic mass is 10.0. The molecular weight excluding hydrogens is 413 g/mol. The van der Waals surface area contributed by atoms with Crippen LogP contribution in [0.3, 0.4) is 0 Å². The molecular formula is C18H38IN5. The zero-order valence-electron chi connectivity index (χ0n) is 16.1. The number of hydrogen-bond donors (Lipinski definition) is 2. The van der Waals surface area contributed by atoms with Crippen LogP contribution >= 0.6 is 24.0 Å². The number of halogens is 1. The molecule has 6 heteroatoms. The predicted octanol–water partition coefficient (Wildman–Crippen LogP) is 2.52. The highest BCUT2D eigenvalue weighted by atomic mass is 127. The molecule has 0 amide bonds. The van der Waals surface area contributed by atoms with Gasteiger partial charge in [0.05, 0.1) is 0 Å². The van der Waals surface area contributed by atoms with Crippen LogP contribution in [-0.4, -0.2) is 74.2 Å². The van der Waals surface area contributed by atoms with Crippen LogP contribution in [0, 0.1) is 0 Å². The van der Waals surface area contributed by atoms with Gasteiger partial charge < -0.3 is 15.5 Å². The van der Waals surface area contributed by atoms with Gasteiger partial charge in [0, 0.05) is 44.8 Å². The minimum absolute atomic E-state index is 0. The quantitative estimate of drug-likeness (QED) is 0.258. The van der Waals surface area contributed by atoms with Crippen LogP contribution in [0.15, 0.2) is 4.99 Å². The van der Waals surface area contributed by atoms with E-state index in [1.54, 1.807) is 0 Å². The fourth-order valence-electron chi connectivity index (χ4n) is 3.43. The van der Waals surface area contributed by atoms with Crippen LogP contribution in [0.25, 0.3) is 0 Å². The second-order valence-corrected chi connectivity index (χ2v) is 7.36. The van der Waals surface area contributed by atoms with E-state index >= 15 is 0 Å². The van der Waals surface area contributed by atoms with Gasteiger partial charge in [-0.3, -0.25) is 9.89 Å². The zero-order valence-corrected chi connectivity index (χ0v) is 18.4. The lowest BCUT2D eigenvalue weighted by Gasteiger charge is -2.33. The molecule has 2 rings (SSSR count). The number of aliphatic imine (C=N–C) groups is 1. The van der Waals surface area contributed by atoms with Crippen LogP contribution in [0.1, 0.15) is 52.4 Å². The smallest absolute Gasteiger partial charge is 0.191 e. The molecule has 5 nitrogen and oxygen atoms in total. The Labute approximate surface area is 166 Å². The molecule has 1 heterocycles. The Morgan fingerprint density at radius 2 is 2.00 bits per heavy atom. The Morgan fingerprint density at radius 3 is 2.62 bits per heavy atom. The van der Waals surface area contributed by atoms with Crippen molar-refractivity contribution in [3.63, 3.8) is 0 Å². The Bertz CT molecular complexity index is 372. The molecule has 2 fully saturated rings. The van der Waals surface area contributed by atoms with Gasteiger partial charge in [-0.25, -0.2) is 0 Å². The number of likely N-dealkylation sites (N-methyl/N-ethyl adjacent to an activating group) is 1. The van der Waals surface area contributed by atoms with Crippen molar-refractivity contribution < 1.29 is 0 Å². The lowest BCUT2D eigenvalue weighted by molar-refractivity contribution is 0.159. The molecule has 142 valence electrons. The van der Waals surface area contributed by atoms with Crippen molar-refractivity contribution in [1.82, 2.24) is 20.4 Å². The van der Waals surface area contributed by atoms with Crippen LogP contribution in [0.5, 0.6) is 0 Å². The van der Waals surface area contributed by atoms with Crippen molar-refractivity contribution in [1.29, 1.82) is 0 Å². The number of hydrogen-bond acceptors (Lipinski definition) is 3. The normalized spacial score (nSPS) is 23.7. The molecule has 0 aromatic carbocycles. The molecule has 0 aromatic heterocycles. The summed E-state index contributed by atoms with van der Waals surface area (Å²) in [5.41, 5.74) is 0. The molecule has 0 bridgehead atoms. The van der Waals surface area contributed by atoms with Crippen molar-refractivity contribution in [2.24, 2.45) is 4.99 Å². The van der Waals surface area contributed by atoms with E-state index in [0.717, 1.165) is 31.1 Å². The van der Waals surface area contributed by atoms with Crippen molar-refractivity contribution in [2.75, 3.05) is 40.3 Å². The van der Waals surface area contributed by atoms with Gasteiger partial charge in [-0.2, -0.15) is 0 Å². The standard InChI is InChI=1S/C18H37N5.HI/c1-15-8-5-6-12-23(15)13-7-11-20-18(19-3)21-14-16(2)22(4)17-9-10-17;/h15-17H,5-14H2,1-4H3,(H2,19,20,21);1H. The number of nitrogens with zero attached hydrogens (tertiary/aromatic N) is 3. The summed E-state index contributed by atoms with van der Waals surface area (Å²) in [6, 6.07) is 2.13. The third-order valence-electron chi connectivity index (χ3n) is 5.46. The van der Waals surface area contributed by atoms with Crippen molar-refractivity contribution in [3.8, 4) is 0 Å². The highest BCUT2D eigenvalue weighted by molar-refractivity contribution is 14.0. The number of nitrogens with one attached hydrogen (secondary N) is 2. The molecule has 2 atom stereocenters. The molecule has 1 saturated carbocycles. The molecule has 1 aliphatic carbocycles. The first-order valence-corrected chi connectivity index (χ1v) is 9.52. The van der Waals surface area contributed by atoms with Gasteiger partial charge in [0.15, 0.2) is 5.96 Å². The maximum Gasteiger partial charge on any atom is 0.191 e. The van der Waals surface area contributed by atoms with Gasteiger partial charge in [-0.05, 0) is 59.5 Å². The van der Waals surface area contributed by atoms with E-state index in [2.05, 4.69) is 46.3 Å². The third-order valence-corrected chi connectivity index (χ3v) is 5.46. The Hall–Kier alpha value is -0.0800. The maximum absolute atomic E-state index is 4.34. The first kappa shape index (κ1) is 22.0. The van der Waals surface area contributed by atoms with Gasteiger partial charge in [-0.15, -0.1) is 24.0 Å². The monoisotopic (exact) mass is 451 g/mol. The number of piperidine rings is 1. The van der Waals surface area contributed by atoms with Crippen molar-refractivity contribution in [2.45, 2.75) is 70.5 Å². The second-order valence-electron chi connectivity index (χ2n) is 7.36. The summed E-state index contributed by atoms with van der Waals surface area (Å²) >= 11 is 0. The fourth-order valence-corrected chi connectivity index (χ4v) is 3.43. The maximum atomic E-state index is 4.34. The van der Waals surface area contributed by atoms with Gasteiger partial charge in [0.1, 0.15) is 0 Å². The van der Waals surface area contributed by atoms with Gasteiger partial charge >= 0.3 is 0 Å². The van der Waals surface area contributed by atoms with Crippen molar-refractivity contribution in [3.05, 3.63) is 0 Å². The fraction of sp³-hybridized carbons (Fsp3) is 0.944. The first-order valence-electron chi connectivity index (χ1n) is 9.52. The number of guanidine groups is 1. The van der Waals surface area contributed by atoms with E-state index in [1.165, 1.54) is 51.6 Å². The van der Waals surface area contributed by atoms with Crippen molar-refractivity contribution >= 4 is 29.9 Å². The Kier molecular flexibility index (Phi) is 10.5. The highest BCUT2D eigenvalue weighted by Gasteiger charge is 2.28. The van der Waals surface area contributed by atoms with E-state index in [-0.39, 0.29) is 24.0 Å². The number of rotatable bonds is 8. The van der Waals surface area contributed by atoms with Crippen LogP contribution in [-0.2, 0) is 0 Å². The lowest BCUT2D eigenvalue weighted by Crippen LogP contribution is -2.46. The summed E-state index contributed by atoms with van der Waals surface area (Å²) in [6.45, 7) is 9.08. The minimum atomic E-state index is 0. The van der Waals surface area contributed by atoms with E-state index in [1.807, 2.05) is 7.05 Å². The van der Waals surface area contributed by atoms with E-state index in [4.69, 9.17) is 0 Å². The third kappa shape index (κ3) is 7.44. The summed E-state index contributed by atoms with van der Waals surface area (Å²) in [5.74, 6) is 0.938. The van der Waals surface area contributed by atoms with E-state index in [0.29, 0.717) is 6.04 Å². The molecule has 2 aliphatic rings. The van der Waals surface area contributed by atoms with Gasteiger partial charge in [-0.1, -0.05) is 6.42 Å². The average Bonchev–Trinajstić information content (AvgIpc) is 3.39. The summed E-state index contributed by atoms with van der Waals surface area (Å²) in [4.78, 5) is 9.46. The average molecular weight is 451 g/mol. The zero-order chi connectivity index (χ0) is 16.7. The highest BCUT2D eigenvalue weighted by Crippen LogP contribution is 2.26. The van der Waals surface area contributed by atoms with E-state index in [9.17, 15) is 0 Å². The summed E-state index contributed by atoms with van der Waals surface area (Å²) in [6.07, 6.45) is 8.05. The van der Waals surface area contributed by atoms with Crippen LogP contribution in [0.4, 0.5) is 0 Å². The molecule has 2 unspecified atom stereocenters. The van der Waals surface area contributed by atoms with Crippen LogP contribution < -0.4 is 10.6 Å². The van der Waals surface area contributed by atoms with Crippen LogP contribution in [0.2, 0.25) is 0 Å². The number of likely N-dealkylation sites (tertiary alicyclic amines) is 1. The molecule has 1 aliphatic heterocycles. The Balaban J connectivity index is 0.00000288. The SMILES string of the molecule is CN=C(NCCCN1CCCCC1C)NCC(C)N(C)C1CC1.I. The second kappa shape index (κ2) is 11.5. The van der Waals surface area contributed by atoms with Gasteiger partial charge in [0.25, 0.3) is 0 Å². The summed E-state index contributed by atoms with van der Waals surface area (Å²) in [7, 11) is 4.09. The van der Waals surface area contributed by atoms with Gasteiger partial charge in [0.2, 0.25) is 0 Å². The largest absolute Gasteiger partial charge is 0.356 e. The molecule has 0 spiro atoms. The minimum Gasteiger partial charge on any atom is -0.356 e.